The molecule has 2 aliphatic rings. The van der Waals surface area contributed by atoms with Crippen molar-refractivity contribution in [3.63, 3.8) is 0 Å². The fourth-order valence-corrected chi connectivity index (χ4v) is 5.87. The molecule has 9 nitrogen and oxygen atoms in total. The van der Waals surface area contributed by atoms with Crippen molar-refractivity contribution in [3.8, 4) is 5.75 Å². The fourth-order valence-electron chi connectivity index (χ4n) is 3.07. The number of para-hydroxylation sites is 1. The number of methoxy groups -OCH3 is 1. The molecule has 0 saturated carbocycles. The first-order valence-corrected chi connectivity index (χ1v) is 10.7. The molecule has 0 aromatic heterocycles. The lowest BCUT2D eigenvalue weighted by Gasteiger charge is -2.50. The Balaban J connectivity index is 1.78. The molecule has 28 heavy (non-hydrogen) atoms. The molecular weight excluding hydrogens is 456 g/mol. The van der Waals surface area contributed by atoms with Crippen molar-refractivity contribution < 1.29 is 32.3 Å². The highest BCUT2D eigenvalue weighted by molar-refractivity contribution is 9.11. The Morgan fingerprint density at radius 2 is 1.89 bits per heavy atom. The minimum absolute atomic E-state index is 0.139. The molecule has 1 saturated heterocycles. The highest BCUT2D eigenvalue weighted by atomic mass is 79.9. The molecule has 11 heteroatoms. The molecule has 1 N–H and O–H groups in total. The Labute approximate surface area is 169 Å². The smallest absolute Gasteiger partial charge is 0.354 e. The third-order valence-corrected chi connectivity index (χ3v) is 8.77. The number of nitrogens with zero attached hydrogens (tertiary/aromatic N) is 1. The van der Waals surface area contributed by atoms with Crippen LogP contribution >= 0.6 is 15.9 Å². The highest BCUT2D eigenvalue weighted by Gasteiger charge is 2.62. The zero-order valence-electron chi connectivity index (χ0n) is 14.9. The van der Waals surface area contributed by atoms with Crippen LogP contribution in [0.25, 0.3) is 0 Å². The number of carbonyl (C=O) groups is 3. The second-order valence-electron chi connectivity index (χ2n) is 6.17. The molecule has 0 spiro atoms. The van der Waals surface area contributed by atoms with Crippen molar-refractivity contribution in [2.24, 2.45) is 0 Å². The lowest BCUT2D eigenvalue weighted by molar-refractivity contribution is -0.152. The second kappa shape index (κ2) is 7.55. The molecule has 0 bridgehead atoms. The minimum atomic E-state index is -3.92. The molecular formula is C17H17BrN2O7S. The normalized spacial score (nSPS) is 25.5. The first-order chi connectivity index (χ1) is 13.2. The molecule has 1 aromatic carbocycles. The quantitative estimate of drug-likeness (QED) is 0.372. The number of benzene rings is 1. The van der Waals surface area contributed by atoms with E-state index in [4.69, 9.17) is 4.74 Å². The van der Waals surface area contributed by atoms with Gasteiger partial charge in [0.25, 0.3) is 11.8 Å². The third-order valence-electron chi connectivity index (χ3n) is 4.43. The van der Waals surface area contributed by atoms with Crippen molar-refractivity contribution in [3.05, 3.63) is 41.6 Å². The van der Waals surface area contributed by atoms with E-state index in [1.807, 2.05) is 0 Å². The number of esters is 1. The van der Waals surface area contributed by atoms with Crippen molar-refractivity contribution in [1.29, 1.82) is 0 Å². The highest BCUT2D eigenvalue weighted by Crippen LogP contribution is 2.42. The van der Waals surface area contributed by atoms with Crippen LogP contribution in [0.5, 0.6) is 5.75 Å². The summed E-state index contributed by atoms with van der Waals surface area (Å²) in [5.41, 5.74) is 0.00821. The Morgan fingerprint density at radius 1 is 1.25 bits per heavy atom. The number of hydrogen-bond donors (Lipinski definition) is 1. The number of nitrogens with one attached hydrogen (secondary N) is 1. The maximum absolute atomic E-state index is 12.7. The summed E-state index contributed by atoms with van der Waals surface area (Å²) in [4.78, 5) is 37.6. The van der Waals surface area contributed by atoms with Crippen LogP contribution < -0.4 is 10.1 Å². The largest absolute Gasteiger partial charge is 0.484 e. The van der Waals surface area contributed by atoms with E-state index in [2.05, 4.69) is 26.0 Å². The third kappa shape index (κ3) is 3.28. The number of carbonyl (C=O) groups excluding carboxylic acids is 3. The first kappa shape index (κ1) is 20.3. The maximum atomic E-state index is 12.7. The summed E-state index contributed by atoms with van der Waals surface area (Å²) in [7, 11) is -2.79. The topological polar surface area (TPSA) is 119 Å². The van der Waals surface area contributed by atoms with Gasteiger partial charge in [-0.1, -0.05) is 34.1 Å². The Morgan fingerprint density at radius 3 is 2.50 bits per heavy atom. The van der Waals surface area contributed by atoms with Crippen molar-refractivity contribution >= 4 is 43.6 Å². The second-order valence-corrected chi connectivity index (χ2v) is 9.83. The van der Waals surface area contributed by atoms with E-state index in [0.29, 0.717) is 5.75 Å². The van der Waals surface area contributed by atoms with E-state index in [1.54, 1.807) is 30.3 Å². The molecule has 2 aliphatic heterocycles. The number of sulfone groups is 1. The summed E-state index contributed by atoms with van der Waals surface area (Å²) in [6.07, 6.45) is 0. The molecule has 150 valence electrons. The van der Waals surface area contributed by atoms with Gasteiger partial charge < -0.3 is 14.8 Å². The van der Waals surface area contributed by atoms with Crippen molar-refractivity contribution in [1.82, 2.24) is 10.2 Å². The van der Waals surface area contributed by atoms with Crippen molar-refractivity contribution in [2.45, 2.75) is 22.5 Å². The molecule has 2 heterocycles. The average Bonchev–Trinajstić information content (AvgIpc) is 2.69. The molecule has 0 radical (unpaired) electrons. The predicted octanol–water partition coefficient (Wildman–Crippen LogP) is 0.315. The van der Waals surface area contributed by atoms with E-state index in [9.17, 15) is 22.8 Å². The van der Waals surface area contributed by atoms with Crippen LogP contribution in [-0.4, -0.2) is 60.4 Å². The average molecular weight is 473 g/mol. The summed E-state index contributed by atoms with van der Waals surface area (Å²) in [6, 6.07) is 7.24. The first-order valence-electron chi connectivity index (χ1n) is 8.16. The van der Waals surface area contributed by atoms with E-state index in [1.165, 1.54) is 6.92 Å². The molecule has 0 unspecified atom stereocenters. The van der Waals surface area contributed by atoms with Gasteiger partial charge in [-0.05, 0) is 24.6 Å². The Bertz CT molecular complexity index is 961. The minimum Gasteiger partial charge on any atom is -0.484 e. The summed E-state index contributed by atoms with van der Waals surface area (Å²) >= 11 is 3.06. The number of hydrogen-bond acceptors (Lipinski definition) is 7. The van der Waals surface area contributed by atoms with Crippen LogP contribution in [0, 0.1) is 0 Å². The number of ether oxygens (including phenoxy) is 2. The van der Waals surface area contributed by atoms with Crippen LogP contribution in [0.4, 0.5) is 0 Å². The van der Waals surface area contributed by atoms with Gasteiger partial charge in [0, 0.05) is 0 Å². The Hall–Kier alpha value is -2.40. The van der Waals surface area contributed by atoms with E-state index in [0.717, 1.165) is 12.0 Å². The van der Waals surface area contributed by atoms with Crippen LogP contribution in [0.3, 0.4) is 0 Å². The Kier molecular flexibility index (Phi) is 5.48. The number of amides is 2. The molecule has 0 aliphatic carbocycles. The van der Waals surface area contributed by atoms with Crippen LogP contribution in [0.2, 0.25) is 0 Å². The summed E-state index contributed by atoms with van der Waals surface area (Å²) in [5, 5.41) is 0.974. The van der Waals surface area contributed by atoms with Crippen LogP contribution in [0.15, 0.2) is 41.6 Å². The van der Waals surface area contributed by atoms with E-state index < -0.39 is 49.8 Å². The summed E-state index contributed by atoms with van der Waals surface area (Å²) in [6.45, 7) is 1.03. The van der Waals surface area contributed by atoms with Gasteiger partial charge in [0.2, 0.25) is 0 Å². The van der Waals surface area contributed by atoms with Gasteiger partial charge in [-0.2, -0.15) is 0 Å². The van der Waals surface area contributed by atoms with Crippen molar-refractivity contribution in [2.75, 3.05) is 13.7 Å². The summed E-state index contributed by atoms with van der Waals surface area (Å²) in [5.74, 6) is -1.74. The van der Waals surface area contributed by atoms with Crippen LogP contribution in [-0.2, 0) is 29.0 Å². The molecule has 3 atom stereocenters. The lowest BCUT2D eigenvalue weighted by atomic mass is 10.0. The molecule has 3 rings (SSSR count). The van der Waals surface area contributed by atoms with Gasteiger partial charge in [0.1, 0.15) is 21.6 Å². The zero-order chi connectivity index (χ0) is 20.6. The van der Waals surface area contributed by atoms with Gasteiger partial charge in [-0.3, -0.25) is 14.5 Å². The molecule has 1 aromatic rings. The van der Waals surface area contributed by atoms with Gasteiger partial charge >= 0.3 is 5.97 Å². The van der Waals surface area contributed by atoms with Crippen LogP contribution in [0.1, 0.15) is 6.92 Å². The van der Waals surface area contributed by atoms with E-state index >= 15 is 0 Å². The number of halogens is 1. The predicted molar refractivity (Wildman–Crippen MR) is 101 cm³/mol. The SMILES string of the molecule is COC(=O)C1=C(C)[C@@H](Br)S(=O)(=O)[C@@H]2[C@@H](NC(=O)COc3ccccc3)C(=O)N12. The van der Waals surface area contributed by atoms with Gasteiger partial charge in [-0.15, -0.1) is 0 Å². The number of rotatable bonds is 5. The fraction of sp³-hybridized carbons (Fsp3) is 0.353. The molecule has 1 fully saturated rings. The van der Waals surface area contributed by atoms with Gasteiger partial charge in [-0.25, -0.2) is 13.2 Å². The van der Waals surface area contributed by atoms with E-state index in [-0.39, 0.29) is 11.3 Å². The maximum Gasteiger partial charge on any atom is 0.354 e. The van der Waals surface area contributed by atoms with Gasteiger partial charge in [0.15, 0.2) is 21.8 Å². The lowest BCUT2D eigenvalue weighted by Crippen LogP contribution is -2.75. The molecule has 2 amide bonds. The monoisotopic (exact) mass is 472 g/mol. The number of alkyl halides is 1. The number of β-lactam (4-membered cyclic amide) rings is 1. The van der Waals surface area contributed by atoms with Gasteiger partial charge in [0.05, 0.1) is 7.11 Å². The standard InChI is InChI=1S/C17H17BrN2O7S/c1-9-13(17(23)26-2)20-15(22)12(16(20)28(24,25)14(9)18)19-11(21)8-27-10-6-4-3-5-7-10/h3-7,12,14,16H,8H2,1-2H3,(H,19,21)/t12-,14-,16+/m0/s1. The summed E-state index contributed by atoms with van der Waals surface area (Å²) < 4.78 is 34.3. The number of fused-ring (bicyclic) bond motifs is 1. The zero-order valence-corrected chi connectivity index (χ0v) is 17.3.